The Morgan fingerprint density at radius 3 is 2.86 bits per heavy atom. The quantitative estimate of drug-likeness (QED) is 0.883. The van der Waals surface area contributed by atoms with Crippen molar-refractivity contribution in [3.8, 4) is 11.3 Å². The van der Waals surface area contributed by atoms with Crippen LogP contribution in [0.25, 0.3) is 11.3 Å². The Morgan fingerprint density at radius 2 is 2.14 bits per heavy atom. The molecule has 6 nitrogen and oxygen atoms in total. The van der Waals surface area contributed by atoms with Gasteiger partial charge in [0.15, 0.2) is 11.5 Å². The van der Waals surface area contributed by atoms with E-state index >= 15 is 0 Å². The van der Waals surface area contributed by atoms with Gasteiger partial charge in [-0.1, -0.05) is 28.9 Å². The highest BCUT2D eigenvalue weighted by Gasteiger charge is 2.23. The largest absolute Gasteiger partial charge is 0.355 e. The number of benzene rings is 1. The number of carbonyl (C=O) groups is 2. The van der Waals surface area contributed by atoms with Crippen molar-refractivity contribution in [1.82, 2.24) is 15.8 Å². The molecule has 0 spiro atoms. The van der Waals surface area contributed by atoms with Gasteiger partial charge in [0.25, 0.3) is 5.91 Å². The summed E-state index contributed by atoms with van der Waals surface area (Å²) in [5.41, 5.74) is 0.847. The molecule has 1 saturated carbocycles. The van der Waals surface area contributed by atoms with E-state index in [1.807, 2.05) is 0 Å². The standard InChI is InChI=1S/C15H14ClN3O3/c16-10-3-1-2-9(6-10)13-7-12(19-22-13)15(21)17-8-14(20)18-11-4-5-11/h1-3,6-7,11H,4-5,8H2,(H,17,21)(H,18,20). The SMILES string of the molecule is O=C(CNC(=O)c1cc(-c2cccc(Cl)c2)on1)NC1CC1. The number of rotatable bonds is 5. The second-order valence-corrected chi connectivity index (χ2v) is 5.55. The fourth-order valence-electron chi connectivity index (χ4n) is 1.92. The normalized spacial score (nSPS) is 13.7. The Kier molecular flexibility index (Phi) is 4.11. The summed E-state index contributed by atoms with van der Waals surface area (Å²) in [5, 5.41) is 9.57. The molecule has 0 radical (unpaired) electrons. The molecule has 2 aromatic rings. The summed E-state index contributed by atoms with van der Waals surface area (Å²) in [4.78, 5) is 23.4. The summed E-state index contributed by atoms with van der Waals surface area (Å²) in [6.07, 6.45) is 2.01. The van der Waals surface area contributed by atoms with Crippen LogP contribution in [0, 0.1) is 0 Å². The molecule has 1 aromatic carbocycles. The van der Waals surface area contributed by atoms with Crippen LogP contribution in [0.3, 0.4) is 0 Å². The lowest BCUT2D eigenvalue weighted by Crippen LogP contribution is -2.37. The molecule has 3 rings (SSSR count). The molecule has 0 unspecified atom stereocenters. The molecule has 1 aliphatic rings. The Balaban J connectivity index is 1.60. The Bertz CT molecular complexity index is 710. The number of nitrogens with one attached hydrogen (secondary N) is 2. The van der Waals surface area contributed by atoms with Crippen LogP contribution in [-0.4, -0.2) is 29.6 Å². The van der Waals surface area contributed by atoms with E-state index in [0.29, 0.717) is 10.8 Å². The van der Waals surface area contributed by atoms with Gasteiger partial charge in [-0.15, -0.1) is 0 Å². The lowest BCUT2D eigenvalue weighted by molar-refractivity contribution is -0.120. The van der Waals surface area contributed by atoms with E-state index in [1.54, 1.807) is 24.3 Å². The average Bonchev–Trinajstić information content (AvgIpc) is 3.17. The topological polar surface area (TPSA) is 84.2 Å². The van der Waals surface area contributed by atoms with Crippen molar-refractivity contribution in [2.24, 2.45) is 0 Å². The highest BCUT2D eigenvalue weighted by Crippen LogP contribution is 2.23. The molecule has 0 saturated heterocycles. The van der Waals surface area contributed by atoms with Crippen LogP contribution >= 0.6 is 11.6 Å². The summed E-state index contributed by atoms with van der Waals surface area (Å²) in [6.45, 7) is -0.0747. The first-order chi connectivity index (χ1) is 10.6. The second-order valence-electron chi connectivity index (χ2n) is 5.11. The third-order valence-electron chi connectivity index (χ3n) is 3.20. The number of hydrogen-bond acceptors (Lipinski definition) is 4. The molecule has 0 atom stereocenters. The number of aromatic nitrogens is 1. The number of carbonyl (C=O) groups excluding carboxylic acids is 2. The van der Waals surface area contributed by atoms with Gasteiger partial charge in [-0.05, 0) is 25.0 Å². The van der Waals surface area contributed by atoms with Crippen molar-refractivity contribution in [2.75, 3.05) is 6.54 Å². The molecular formula is C15H14ClN3O3. The third-order valence-corrected chi connectivity index (χ3v) is 3.44. The van der Waals surface area contributed by atoms with Gasteiger partial charge in [0, 0.05) is 22.7 Å². The summed E-state index contributed by atoms with van der Waals surface area (Å²) in [7, 11) is 0. The molecule has 1 aromatic heterocycles. The zero-order chi connectivity index (χ0) is 15.5. The zero-order valence-corrected chi connectivity index (χ0v) is 12.4. The van der Waals surface area contributed by atoms with E-state index in [1.165, 1.54) is 6.07 Å². The lowest BCUT2D eigenvalue weighted by Gasteiger charge is -2.03. The molecular weight excluding hydrogens is 306 g/mol. The van der Waals surface area contributed by atoms with Gasteiger partial charge in [0.05, 0.1) is 6.54 Å². The van der Waals surface area contributed by atoms with E-state index in [0.717, 1.165) is 18.4 Å². The highest BCUT2D eigenvalue weighted by molar-refractivity contribution is 6.30. The predicted molar refractivity (Wildman–Crippen MR) is 80.4 cm³/mol. The van der Waals surface area contributed by atoms with E-state index in [9.17, 15) is 9.59 Å². The zero-order valence-electron chi connectivity index (χ0n) is 11.6. The van der Waals surface area contributed by atoms with Gasteiger partial charge in [-0.3, -0.25) is 9.59 Å². The monoisotopic (exact) mass is 319 g/mol. The first-order valence-electron chi connectivity index (χ1n) is 6.92. The molecule has 0 aliphatic heterocycles. The van der Waals surface area contributed by atoms with Crippen molar-refractivity contribution in [2.45, 2.75) is 18.9 Å². The van der Waals surface area contributed by atoms with Crippen LogP contribution in [-0.2, 0) is 4.79 Å². The molecule has 2 N–H and O–H groups in total. The van der Waals surface area contributed by atoms with Gasteiger partial charge < -0.3 is 15.2 Å². The van der Waals surface area contributed by atoms with Crippen molar-refractivity contribution >= 4 is 23.4 Å². The summed E-state index contributed by atoms with van der Waals surface area (Å²) in [6, 6.07) is 8.82. The highest BCUT2D eigenvalue weighted by atomic mass is 35.5. The van der Waals surface area contributed by atoms with Gasteiger partial charge in [0.2, 0.25) is 5.91 Å². The molecule has 2 amide bonds. The number of halogens is 1. The molecule has 1 fully saturated rings. The van der Waals surface area contributed by atoms with Crippen LogP contribution in [0.1, 0.15) is 23.3 Å². The van der Waals surface area contributed by atoms with E-state index in [-0.39, 0.29) is 24.2 Å². The summed E-state index contributed by atoms with van der Waals surface area (Å²) < 4.78 is 5.14. The fourth-order valence-corrected chi connectivity index (χ4v) is 2.11. The Morgan fingerprint density at radius 1 is 1.32 bits per heavy atom. The fraction of sp³-hybridized carbons (Fsp3) is 0.267. The molecule has 114 valence electrons. The number of hydrogen-bond donors (Lipinski definition) is 2. The van der Waals surface area contributed by atoms with Crippen molar-refractivity contribution in [3.05, 3.63) is 41.0 Å². The third kappa shape index (κ3) is 3.65. The Labute approximate surface area is 131 Å². The first-order valence-corrected chi connectivity index (χ1v) is 7.30. The smallest absolute Gasteiger partial charge is 0.273 e. The Hall–Kier alpha value is -2.34. The maximum Gasteiger partial charge on any atom is 0.273 e. The van der Waals surface area contributed by atoms with Crippen LogP contribution in [0.4, 0.5) is 0 Å². The van der Waals surface area contributed by atoms with Crippen LogP contribution in [0.15, 0.2) is 34.9 Å². The minimum absolute atomic E-state index is 0.0747. The number of nitrogens with zero attached hydrogens (tertiary/aromatic N) is 1. The second kappa shape index (κ2) is 6.19. The number of amides is 2. The molecule has 7 heteroatoms. The minimum Gasteiger partial charge on any atom is -0.355 e. The maximum absolute atomic E-state index is 11.9. The average molecular weight is 320 g/mol. The van der Waals surface area contributed by atoms with Crippen LogP contribution in [0.2, 0.25) is 5.02 Å². The van der Waals surface area contributed by atoms with Crippen LogP contribution < -0.4 is 10.6 Å². The molecule has 22 heavy (non-hydrogen) atoms. The van der Waals surface area contributed by atoms with Gasteiger partial charge in [-0.25, -0.2) is 0 Å². The lowest BCUT2D eigenvalue weighted by atomic mass is 10.1. The van der Waals surface area contributed by atoms with Crippen LogP contribution in [0.5, 0.6) is 0 Å². The van der Waals surface area contributed by atoms with Crippen molar-refractivity contribution in [3.63, 3.8) is 0 Å². The van der Waals surface area contributed by atoms with Gasteiger partial charge >= 0.3 is 0 Å². The minimum atomic E-state index is -0.456. The summed E-state index contributed by atoms with van der Waals surface area (Å²) >= 11 is 5.91. The van der Waals surface area contributed by atoms with Crippen molar-refractivity contribution in [1.29, 1.82) is 0 Å². The summed E-state index contributed by atoms with van der Waals surface area (Å²) in [5.74, 6) is -0.215. The molecule has 1 aliphatic carbocycles. The first kappa shape index (κ1) is 14.6. The predicted octanol–water partition coefficient (Wildman–Crippen LogP) is 2.00. The van der Waals surface area contributed by atoms with E-state index < -0.39 is 5.91 Å². The van der Waals surface area contributed by atoms with Gasteiger partial charge in [0.1, 0.15) is 0 Å². The molecule has 1 heterocycles. The van der Waals surface area contributed by atoms with Crippen molar-refractivity contribution < 1.29 is 14.1 Å². The maximum atomic E-state index is 11.9. The molecule has 0 bridgehead atoms. The van der Waals surface area contributed by atoms with Gasteiger partial charge in [-0.2, -0.15) is 0 Å². The van der Waals surface area contributed by atoms with E-state index in [2.05, 4.69) is 15.8 Å². The van der Waals surface area contributed by atoms with E-state index in [4.69, 9.17) is 16.1 Å².